The molecule has 0 aromatic rings. The minimum atomic E-state index is -0.915. The second kappa shape index (κ2) is 7.83. The third-order valence-corrected chi connectivity index (χ3v) is 5.11. The normalized spacial score (nSPS) is 21.8. The number of rotatable bonds is 5. The van der Waals surface area contributed by atoms with Gasteiger partial charge in [0.25, 0.3) is 0 Å². The van der Waals surface area contributed by atoms with Crippen LogP contribution in [0.15, 0.2) is 58.7 Å². The maximum atomic E-state index is 10.6. The number of carboxylic acids is 1. The first-order chi connectivity index (χ1) is 11.0. The summed E-state index contributed by atoms with van der Waals surface area (Å²) in [6, 6.07) is 0. The Bertz CT molecular complexity index is 635. The Hall–Kier alpha value is -1.83. The molecule has 0 heterocycles. The van der Waals surface area contributed by atoms with Crippen LogP contribution in [0.25, 0.3) is 0 Å². The van der Waals surface area contributed by atoms with Crippen LogP contribution in [0.1, 0.15) is 61.3 Å². The SMILES string of the molecule is CC(C=CC1=C(C)C(C)(C)CCC1(C)C)=C/C=C/C(C)=C/C(=O)O. The van der Waals surface area contributed by atoms with E-state index in [1.165, 1.54) is 30.1 Å². The van der Waals surface area contributed by atoms with E-state index in [0.717, 1.165) is 11.1 Å². The summed E-state index contributed by atoms with van der Waals surface area (Å²) in [4.78, 5) is 10.6. The van der Waals surface area contributed by atoms with Gasteiger partial charge < -0.3 is 5.11 Å². The van der Waals surface area contributed by atoms with Crippen LogP contribution in [0.4, 0.5) is 0 Å². The first-order valence-corrected chi connectivity index (χ1v) is 8.62. The number of carboxylic acid groups (broad SMARTS) is 1. The highest BCUT2D eigenvalue weighted by atomic mass is 16.4. The van der Waals surface area contributed by atoms with E-state index >= 15 is 0 Å². The molecule has 0 aliphatic heterocycles. The maximum Gasteiger partial charge on any atom is 0.328 e. The average Bonchev–Trinajstić information content (AvgIpc) is 2.43. The highest BCUT2D eigenvalue weighted by molar-refractivity contribution is 5.81. The van der Waals surface area contributed by atoms with E-state index in [9.17, 15) is 4.79 Å². The lowest BCUT2D eigenvalue weighted by Gasteiger charge is -2.42. The van der Waals surface area contributed by atoms with Crippen molar-refractivity contribution in [3.8, 4) is 0 Å². The average molecular weight is 328 g/mol. The van der Waals surface area contributed by atoms with Gasteiger partial charge >= 0.3 is 5.97 Å². The maximum absolute atomic E-state index is 10.6. The summed E-state index contributed by atoms with van der Waals surface area (Å²) in [7, 11) is 0. The lowest BCUT2D eigenvalue weighted by atomic mass is 9.63. The number of hydrogen-bond acceptors (Lipinski definition) is 1. The highest BCUT2D eigenvalue weighted by Crippen LogP contribution is 2.48. The molecule has 0 bridgehead atoms. The van der Waals surface area contributed by atoms with Crippen molar-refractivity contribution >= 4 is 5.97 Å². The standard InChI is InChI=1S/C22H32O2/c1-16(9-8-10-17(2)15-20(23)24)11-12-19-18(3)21(4,5)13-14-22(19,6)7/h8-12,15H,13-14H2,1-7H3,(H,23,24)/b10-8+,12-11?,16-9?,17-15+. The zero-order valence-electron chi connectivity index (χ0n) is 16.2. The smallest absolute Gasteiger partial charge is 0.328 e. The summed E-state index contributed by atoms with van der Waals surface area (Å²) < 4.78 is 0. The molecule has 2 nitrogen and oxygen atoms in total. The number of aliphatic carboxylic acids is 1. The topological polar surface area (TPSA) is 37.3 Å². The Labute approximate surface area is 147 Å². The monoisotopic (exact) mass is 328 g/mol. The molecular weight excluding hydrogens is 296 g/mol. The minimum absolute atomic E-state index is 0.215. The molecule has 0 atom stereocenters. The van der Waals surface area contributed by atoms with Crippen molar-refractivity contribution < 1.29 is 9.90 Å². The fourth-order valence-electron chi connectivity index (χ4n) is 3.03. The van der Waals surface area contributed by atoms with Crippen molar-refractivity contribution in [3.63, 3.8) is 0 Å². The van der Waals surface area contributed by atoms with Gasteiger partial charge in [-0.2, -0.15) is 0 Å². The van der Waals surface area contributed by atoms with Crippen LogP contribution in [-0.2, 0) is 4.79 Å². The minimum Gasteiger partial charge on any atom is -0.478 e. The van der Waals surface area contributed by atoms with Crippen molar-refractivity contribution in [3.05, 3.63) is 58.7 Å². The van der Waals surface area contributed by atoms with Gasteiger partial charge in [-0.15, -0.1) is 0 Å². The van der Waals surface area contributed by atoms with Crippen LogP contribution in [0.5, 0.6) is 0 Å². The summed E-state index contributed by atoms with van der Waals surface area (Å²) >= 11 is 0. The molecule has 1 N–H and O–H groups in total. The Balaban J connectivity index is 2.96. The third kappa shape index (κ3) is 5.67. The van der Waals surface area contributed by atoms with Gasteiger partial charge in [0.2, 0.25) is 0 Å². The summed E-state index contributed by atoms with van der Waals surface area (Å²) in [6.45, 7) is 15.4. The van der Waals surface area contributed by atoms with E-state index < -0.39 is 5.97 Å². The lowest BCUT2D eigenvalue weighted by Crippen LogP contribution is -2.29. The van der Waals surface area contributed by atoms with Crippen LogP contribution in [-0.4, -0.2) is 11.1 Å². The molecule has 0 aromatic heterocycles. The molecule has 1 aliphatic carbocycles. The van der Waals surface area contributed by atoms with Gasteiger partial charge in [0, 0.05) is 6.08 Å². The van der Waals surface area contributed by atoms with Crippen LogP contribution in [0.2, 0.25) is 0 Å². The molecule has 0 amide bonds. The summed E-state index contributed by atoms with van der Waals surface area (Å²) in [6.07, 6.45) is 13.8. The summed E-state index contributed by atoms with van der Waals surface area (Å²) in [5, 5.41) is 8.70. The molecule has 0 radical (unpaired) electrons. The third-order valence-electron chi connectivity index (χ3n) is 5.11. The summed E-state index contributed by atoms with van der Waals surface area (Å²) in [5.74, 6) is -0.915. The van der Waals surface area contributed by atoms with Crippen LogP contribution in [0, 0.1) is 10.8 Å². The van der Waals surface area contributed by atoms with E-state index in [-0.39, 0.29) is 10.8 Å². The molecule has 2 heteroatoms. The fourth-order valence-corrected chi connectivity index (χ4v) is 3.03. The molecule has 24 heavy (non-hydrogen) atoms. The van der Waals surface area contributed by atoms with Crippen molar-refractivity contribution in [2.24, 2.45) is 10.8 Å². The predicted molar refractivity (Wildman–Crippen MR) is 103 cm³/mol. The van der Waals surface area contributed by atoms with Crippen LogP contribution < -0.4 is 0 Å². The van der Waals surface area contributed by atoms with Crippen LogP contribution in [0.3, 0.4) is 0 Å². The molecular formula is C22H32O2. The molecule has 0 unspecified atom stereocenters. The van der Waals surface area contributed by atoms with Gasteiger partial charge in [0.15, 0.2) is 0 Å². The number of hydrogen-bond donors (Lipinski definition) is 1. The second-order valence-electron chi connectivity index (χ2n) is 8.14. The number of allylic oxidation sites excluding steroid dienone is 9. The molecule has 0 aromatic carbocycles. The lowest BCUT2D eigenvalue weighted by molar-refractivity contribution is -0.131. The predicted octanol–water partition coefficient (Wildman–Crippen LogP) is 6.24. The van der Waals surface area contributed by atoms with Crippen molar-refractivity contribution in [2.45, 2.75) is 61.3 Å². The van der Waals surface area contributed by atoms with E-state index in [1.807, 2.05) is 18.2 Å². The van der Waals surface area contributed by atoms with Crippen molar-refractivity contribution in [2.75, 3.05) is 0 Å². The molecule has 0 spiro atoms. The van der Waals surface area contributed by atoms with Crippen LogP contribution >= 0.6 is 0 Å². The van der Waals surface area contributed by atoms with Gasteiger partial charge in [-0.25, -0.2) is 4.79 Å². The Morgan fingerprint density at radius 3 is 2.17 bits per heavy atom. The first kappa shape index (κ1) is 20.2. The molecule has 0 saturated heterocycles. The van der Waals surface area contributed by atoms with Gasteiger partial charge in [0.05, 0.1) is 0 Å². The van der Waals surface area contributed by atoms with E-state index in [1.54, 1.807) is 6.92 Å². The van der Waals surface area contributed by atoms with Gasteiger partial charge in [-0.3, -0.25) is 0 Å². The Morgan fingerprint density at radius 1 is 1.00 bits per heavy atom. The van der Waals surface area contributed by atoms with Gasteiger partial charge in [-0.05, 0) is 55.6 Å². The molecule has 1 aliphatic rings. The molecule has 132 valence electrons. The zero-order chi connectivity index (χ0) is 18.5. The molecule has 1 rings (SSSR count). The summed E-state index contributed by atoms with van der Waals surface area (Å²) in [5.41, 5.74) is 5.28. The van der Waals surface area contributed by atoms with Crippen molar-refractivity contribution in [1.29, 1.82) is 0 Å². The highest BCUT2D eigenvalue weighted by Gasteiger charge is 2.35. The second-order valence-corrected chi connectivity index (χ2v) is 8.14. The van der Waals surface area contributed by atoms with Gasteiger partial charge in [0.1, 0.15) is 0 Å². The van der Waals surface area contributed by atoms with E-state index in [0.29, 0.717) is 0 Å². The van der Waals surface area contributed by atoms with Gasteiger partial charge in [-0.1, -0.05) is 69.2 Å². The molecule has 0 saturated carbocycles. The van der Waals surface area contributed by atoms with E-state index in [2.05, 4.69) is 53.7 Å². The Morgan fingerprint density at radius 2 is 1.58 bits per heavy atom. The van der Waals surface area contributed by atoms with E-state index in [4.69, 9.17) is 5.11 Å². The quantitative estimate of drug-likeness (QED) is 0.479. The Kier molecular flexibility index (Phi) is 6.59. The fraction of sp³-hybridized carbons (Fsp3) is 0.500. The van der Waals surface area contributed by atoms with Crippen molar-refractivity contribution in [1.82, 2.24) is 0 Å². The largest absolute Gasteiger partial charge is 0.478 e. The number of carbonyl (C=O) groups is 1. The zero-order valence-corrected chi connectivity index (χ0v) is 16.2. The molecule has 0 fully saturated rings. The first-order valence-electron chi connectivity index (χ1n) is 8.62.